The van der Waals surface area contributed by atoms with Gasteiger partial charge in [0.05, 0.1) is 5.39 Å². The van der Waals surface area contributed by atoms with Crippen LogP contribution >= 0.6 is 0 Å². The molecule has 6 heteroatoms. The Morgan fingerprint density at radius 2 is 2.00 bits per heavy atom. The van der Waals surface area contributed by atoms with Crippen molar-refractivity contribution in [1.29, 1.82) is 0 Å². The van der Waals surface area contributed by atoms with Crippen molar-refractivity contribution in [3.8, 4) is 0 Å². The van der Waals surface area contributed by atoms with Crippen LogP contribution in [0.1, 0.15) is 36.1 Å². The maximum absolute atomic E-state index is 4.85. The number of nitrogens with zero attached hydrogens (tertiary/aromatic N) is 4. The van der Waals surface area contributed by atoms with Gasteiger partial charge in [-0.25, -0.2) is 4.98 Å². The lowest BCUT2D eigenvalue weighted by molar-refractivity contribution is 0.260. The summed E-state index contributed by atoms with van der Waals surface area (Å²) in [6.45, 7) is 4.39. The summed E-state index contributed by atoms with van der Waals surface area (Å²) in [5, 5.41) is 7.84. The van der Waals surface area contributed by atoms with E-state index in [9.17, 15) is 0 Å². The number of rotatable bonds is 3. The molecular weight excluding hydrogens is 300 g/mol. The minimum absolute atomic E-state index is 0.404. The fourth-order valence-corrected chi connectivity index (χ4v) is 4.12. The Balaban J connectivity index is 1.74. The average Bonchev–Trinajstić information content (AvgIpc) is 3.03. The highest BCUT2D eigenvalue weighted by Crippen LogP contribution is 2.32. The number of hydrogen-bond acceptors (Lipinski definition) is 6. The number of piperidine rings is 1. The molecule has 1 aliphatic carbocycles. The van der Waals surface area contributed by atoms with Gasteiger partial charge in [-0.1, -0.05) is 0 Å². The van der Waals surface area contributed by atoms with Crippen molar-refractivity contribution < 1.29 is 0 Å². The lowest BCUT2D eigenvalue weighted by Crippen LogP contribution is -2.40. The van der Waals surface area contributed by atoms with Crippen LogP contribution in [-0.2, 0) is 12.8 Å². The van der Waals surface area contributed by atoms with E-state index in [1.807, 2.05) is 7.05 Å². The third-order valence-electron chi connectivity index (χ3n) is 5.34. The third kappa shape index (κ3) is 2.69. The summed E-state index contributed by atoms with van der Waals surface area (Å²) in [5.74, 6) is 1.57. The minimum Gasteiger partial charge on any atom is -0.372 e. The predicted octanol–water partition coefficient (Wildman–Crippen LogP) is 2.37. The number of nitrogens with one attached hydrogen (secondary N) is 2. The number of fused-ring (bicyclic) bond motifs is 2. The van der Waals surface area contributed by atoms with Crippen molar-refractivity contribution in [1.82, 2.24) is 19.9 Å². The molecule has 6 nitrogen and oxygen atoms in total. The standard InChI is InChI=1S/C18H26N6/c1-11-13-7-4-8-14(13)21-17-15(11)16(19-2)22-18(23-17)20-12-6-5-9-24(3)10-12/h12H,4-10H2,1-3H3,(H2,19,20,21,22,23). The average molecular weight is 326 g/mol. The van der Waals surface area contributed by atoms with Crippen molar-refractivity contribution in [3.05, 3.63) is 16.8 Å². The van der Waals surface area contributed by atoms with Crippen molar-refractivity contribution in [3.63, 3.8) is 0 Å². The van der Waals surface area contributed by atoms with Gasteiger partial charge in [-0.05, 0) is 63.7 Å². The van der Waals surface area contributed by atoms with Gasteiger partial charge in [0.1, 0.15) is 5.82 Å². The topological polar surface area (TPSA) is 66.0 Å². The van der Waals surface area contributed by atoms with Crippen LogP contribution in [0.15, 0.2) is 0 Å². The molecule has 4 rings (SSSR count). The number of likely N-dealkylation sites (tertiary alicyclic amines) is 1. The Bertz CT molecular complexity index is 772. The number of aromatic nitrogens is 3. The first-order valence-corrected chi connectivity index (χ1v) is 8.98. The summed E-state index contributed by atoms with van der Waals surface area (Å²) in [6, 6.07) is 0.404. The van der Waals surface area contributed by atoms with Gasteiger partial charge in [-0.3, -0.25) is 0 Å². The normalized spacial score (nSPS) is 21.0. The van der Waals surface area contributed by atoms with E-state index >= 15 is 0 Å². The second kappa shape index (κ2) is 6.16. The molecule has 2 aliphatic rings. The monoisotopic (exact) mass is 326 g/mol. The van der Waals surface area contributed by atoms with E-state index in [0.29, 0.717) is 12.0 Å². The van der Waals surface area contributed by atoms with Gasteiger partial charge >= 0.3 is 0 Å². The molecule has 128 valence electrons. The second-order valence-corrected chi connectivity index (χ2v) is 7.11. The SMILES string of the molecule is CNc1nc(NC2CCCN(C)C2)nc2nc3c(c(C)c12)CCC3. The maximum Gasteiger partial charge on any atom is 0.226 e. The van der Waals surface area contributed by atoms with E-state index in [1.165, 1.54) is 36.2 Å². The summed E-state index contributed by atoms with van der Waals surface area (Å²) < 4.78 is 0. The van der Waals surface area contributed by atoms with Crippen LogP contribution < -0.4 is 10.6 Å². The number of aryl methyl sites for hydroxylation is 2. The fraction of sp³-hybridized carbons (Fsp3) is 0.611. The van der Waals surface area contributed by atoms with Gasteiger partial charge in [0.25, 0.3) is 0 Å². The van der Waals surface area contributed by atoms with E-state index in [0.717, 1.165) is 42.7 Å². The zero-order valence-electron chi connectivity index (χ0n) is 14.8. The quantitative estimate of drug-likeness (QED) is 0.903. The molecular formula is C18H26N6. The Morgan fingerprint density at radius 3 is 2.79 bits per heavy atom. The first kappa shape index (κ1) is 15.6. The van der Waals surface area contributed by atoms with E-state index < -0.39 is 0 Å². The van der Waals surface area contributed by atoms with Gasteiger partial charge in [0.15, 0.2) is 5.65 Å². The summed E-state index contributed by atoms with van der Waals surface area (Å²) in [5.41, 5.74) is 4.74. The number of anilines is 2. The van der Waals surface area contributed by atoms with Crippen LogP contribution in [0.5, 0.6) is 0 Å². The molecule has 2 aromatic heterocycles. The van der Waals surface area contributed by atoms with Crippen LogP contribution in [-0.4, -0.2) is 53.1 Å². The van der Waals surface area contributed by atoms with Crippen molar-refractivity contribution in [2.24, 2.45) is 0 Å². The molecule has 0 aromatic carbocycles. The molecule has 0 amide bonds. The smallest absolute Gasteiger partial charge is 0.226 e. The molecule has 1 unspecified atom stereocenters. The lowest BCUT2D eigenvalue weighted by Gasteiger charge is -2.30. The van der Waals surface area contributed by atoms with E-state index in [4.69, 9.17) is 15.0 Å². The first-order chi connectivity index (χ1) is 11.7. The van der Waals surface area contributed by atoms with E-state index in [-0.39, 0.29) is 0 Å². The Morgan fingerprint density at radius 1 is 1.12 bits per heavy atom. The highest BCUT2D eigenvalue weighted by Gasteiger charge is 2.22. The molecule has 1 saturated heterocycles. The highest BCUT2D eigenvalue weighted by molar-refractivity contribution is 5.91. The van der Waals surface area contributed by atoms with Crippen LogP contribution in [0.3, 0.4) is 0 Å². The van der Waals surface area contributed by atoms with Gasteiger partial charge in [0, 0.05) is 25.3 Å². The molecule has 2 aromatic rings. The first-order valence-electron chi connectivity index (χ1n) is 8.98. The van der Waals surface area contributed by atoms with Crippen molar-refractivity contribution in [2.45, 2.75) is 45.1 Å². The van der Waals surface area contributed by atoms with E-state index in [2.05, 4.69) is 29.5 Å². The van der Waals surface area contributed by atoms with Gasteiger partial charge in [-0.2, -0.15) is 9.97 Å². The number of pyridine rings is 1. The van der Waals surface area contributed by atoms with E-state index in [1.54, 1.807) is 0 Å². The van der Waals surface area contributed by atoms with Crippen LogP contribution in [0.4, 0.5) is 11.8 Å². The van der Waals surface area contributed by atoms with Gasteiger partial charge in [0.2, 0.25) is 5.95 Å². The molecule has 0 bridgehead atoms. The second-order valence-electron chi connectivity index (χ2n) is 7.11. The summed E-state index contributed by atoms with van der Waals surface area (Å²) in [6.07, 6.45) is 5.77. The molecule has 3 heterocycles. The molecule has 1 atom stereocenters. The molecule has 24 heavy (non-hydrogen) atoms. The Kier molecular flexibility index (Phi) is 4.00. The molecule has 1 fully saturated rings. The third-order valence-corrected chi connectivity index (χ3v) is 5.34. The highest BCUT2D eigenvalue weighted by atomic mass is 15.2. The van der Waals surface area contributed by atoms with Crippen molar-refractivity contribution in [2.75, 3.05) is 37.8 Å². The van der Waals surface area contributed by atoms with Crippen molar-refractivity contribution >= 4 is 22.8 Å². The van der Waals surface area contributed by atoms with Crippen LogP contribution in [0.25, 0.3) is 11.0 Å². The lowest BCUT2D eigenvalue weighted by atomic mass is 10.0. The molecule has 0 radical (unpaired) electrons. The fourth-order valence-electron chi connectivity index (χ4n) is 4.12. The summed E-state index contributed by atoms with van der Waals surface area (Å²) >= 11 is 0. The van der Waals surface area contributed by atoms with Gasteiger partial charge < -0.3 is 15.5 Å². The minimum atomic E-state index is 0.404. The molecule has 1 aliphatic heterocycles. The number of hydrogen-bond donors (Lipinski definition) is 2. The Labute approximate surface area is 143 Å². The Hall–Kier alpha value is -1.95. The van der Waals surface area contributed by atoms with Crippen LogP contribution in [0, 0.1) is 6.92 Å². The molecule has 0 saturated carbocycles. The summed E-state index contributed by atoms with van der Waals surface area (Å²) in [4.78, 5) is 16.7. The van der Waals surface area contributed by atoms with Crippen LogP contribution in [0.2, 0.25) is 0 Å². The van der Waals surface area contributed by atoms with Gasteiger partial charge in [-0.15, -0.1) is 0 Å². The zero-order valence-corrected chi connectivity index (χ0v) is 14.8. The molecule has 0 spiro atoms. The largest absolute Gasteiger partial charge is 0.372 e. The maximum atomic E-state index is 4.85. The zero-order chi connectivity index (χ0) is 16.7. The summed E-state index contributed by atoms with van der Waals surface area (Å²) in [7, 11) is 4.09. The molecule has 2 N–H and O–H groups in total. The predicted molar refractivity (Wildman–Crippen MR) is 97.8 cm³/mol. The number of likely N-dealkylation sites (N-methyl/N-ethyl adjacent to an activating group) is 1.